The van der Waals surface area contributed by atoms with Gasteiger partial charge in [-0.25, -0.2) is 0 Å². The highest BCUT2D eigenvalue weighted by Crippen LogP contribution is 2.01. The molecule has 3 heteroatoms. The summed E-state index contributed by atoms with van der Waals surface area (Å²) >= 11 is 0. The molecule has 1 N–H and O–H groups in total. The van der Waals surface area contributed by atoms with E-state index >= 15 is 0 Å². The van der Waals surface area contributed by atoms with Gasteiger partial charge >= 0.3 is 0 Å². The fourth-order valence-electron chi connectivity index (χ4n) is 0.902. The molecule has 11 heavy (non-hydrogen) atoms. The Labute approximate surface area is 65.7 Å². The molecule has 0 aromatic carbocycles. The van der Waals surface area contributed by atoms with Crippen molar-refractivity contribution in [1.82, 2.24) is 9.78 Å². The molecule has 1 aromatic heterocycles. The minimum atomic E-state index is -0.0294. The first kappa shape index (κ1) is 7.83. The van der Waals surface area contributed by atoms with Crippen LogP contribution in [0.15, 0.2) is 6.07 Å². The highest BCUT2D eigenvalue weighted by Gasteiger charge is 2.00. The van der Waals surface area contributed by atoms with Crippen molar-refractivity contribution < 1.29 is 5.11 Å². The van der Waals surface area contributed by atoms with Gasteiger partial charge in [-0.3, -0.25) is 4.68 Å². The Morgan fingerprint density at radius 1 is 1.82 bits per heavy atom. The Bertz CT molecular complexity index is 283. The number of aryl methyl sites for hydroxylation is 1. The van der Waals surface area contributed by atoms with Gasteiger partial charge in [-0.15, -0.1) is 6.42 Å². The number of nitrogens with zero attached hydrogens (tertiary/aromatic N) is 2. The van der Waals surface area contributed by atoms with E-state index in [2.05, 4.69) is 11.0 Å². The van der Waals surface area contributed by atoms with Crippen LogP contribution in [0, 0.1) is 19.3 Å². The standard InChI is InChI=1S/C8H10N2O/c1-3-4-10-7(2)5-8(6-11)9-10/h1,5,11H,4,6H2,2H3. The van der Waals surface area contributed by atoms with E-state index in [1.54, 1.807) is 4.68 Å². The lowest BCUT2D eigenvalue weighted by Crippen LogP contribution is -2.00. The maximum Gasteiger partial charge on any atom is 0.102 e. The zero-order chi connectivity index (χ0) is 8.27. The Morgan fingerprint density at radius 3 is 3.00 bits per heavy atom. The van der Waals surface area contributed by atoms with Crippen LogP contribution in [0.5, 0.6) is 0 Å². The monoisotopic (exact) mass is 150 g/mol. The van der Waals surface area contributed by atoms with Crippen molar-refractivity contribution in [1.29, 1.82) is 0 Å². The van der Waals surface area contributed by atoms with Crippen molar-refractivity contribution in [3.05, 3.63) is 17.5 Å². The zero-order valence-corrected chi connectivity index (χ0v) is 6.41. The van der Waals surface area contributed by atoms with Crippen LogP contribution in [0.2, 0.25) is 0 Å². The Morgan fingerprint density at radius 2 is 2.55 bits per heavy atom. The molecule has 1 aromatic rings. The third kappa shape index (κ3) is 1.60. The smallest absolute Gasteiger partial charge is 0.102 e. The maximum atomic E-state index is 8.72. The first-order valence-corrected chi connectivity index (χ1v) is 3.35. The largest absolute Gasteiger partial charge is 0.390 e. The van der Waals surface area contributed by atoms with Crippen LogP contribution in [0.4, 0.5) is 0 Å². The van der Waals surface area contributed by atoms with Gasteiger partial charge in [0.15, 0.2) is 0 Å². The van der Waals surface area contributed by atoms with Crippen LogP contribution in [0.25, 0.3) is 0 Å². The number of aliphatic hydroxyl groups excluding tert-OH is 1. The summed E-state index contributed by atoms with van der Waals surface area (Å²) in [6.45, 7) is 2.34. The lowest BCUT2D eigenvalue weighted by Gasteiger charge is -1.95. The molecule has 0 spiro atoms. The number of rotatable bonds is 2. The molecule has 0 saturated carbocycles. The maximum absolute atomic E-state index is 8.72. The Kier molecular flexibility index (Phi) is 2.29. The Balaban J connectivity index is 2.90. The van der Waals surface area contributed by atoms with Crippen molar-refractivity contribution >= 4 is 0 Å². The molecule has 3 nitrogen and oxygen atoms in total. The van der Waals surface area contributed by atoms with Crippen molar-refractivity contribution in [2.75, 3.05) is 0 Å². The van der Waals surface area contributed by atoms with Gasteiger partial charge < -0.3 is 5.11 Å². The second kappa shape index (κ2) is 3.22. The highest BCUT2D eigenvalue weighted by molar-refractivity contribution is 5.08. The van der Waals surface area contributed by atoms with Crippen LogP contribution in [-0.2, 0) is 13.2 Å². The SMILES string of the molecule is C#CCn1nc(CO)cc1C. The lowest BCUT2D eigenvalue weighted by atomic mass is 10.4. The highest BCUT2D eigenvalue weighted by atomic mass is 16.3. The summed E-state index contributed by atoms with van der Waals surface area (Å²) in [4.78, 5) is 0. The van der Waals surface area contributed by atoms with Gasteiger partial charge in [0.05, 0.1) is 12.3 Å². The normalized spacial score (nSPS) is 9.55. The minimum absolute atomic E-state index is 0.0294. The molecule has 0 unspecified atom stereocenters. The summed E-state index contributed by atoms with van der Waals surface area (Å²) in [5, 5.41) is 12.8. The minimum Gasteiger partial charge on any atom is -0.390 e. The topological polar surface area (TPSA) is 38.0 Å². The van der Waals surface area contributed by atoms with Crippen LogP contribution >= 0.6 is 0 Å². The molecule has 0 radical (unpaired) electrons. The molecule has 0 bridgehead atoms. The zero-order valence-electron chi connectivity index (χ0n) is 6.41. The third-order valence-electron chi connectivity index (χ3n) is 1.43. The summed E-state index contributed by atoms with van der Waals surface area (Å²) in [7, 11) is 0. The van der Waals surface area contributed by atoms with Gasteiger partial charge in [0, 0.05) is 5.69 Å². The molecule has 1 heterocycles. The van der Waals surface area contributed by atoms with E-state index in [4.69, 9.17) is 11.5 Å². The predicted octanol–water partition coefficient (Wildman–Crippen LogP) is 0.317. The number of terminal acetylenes is 1. The molecule has 0 aliphatic rings. The van der Waals surface area contributed by atoms with E-state index in [1.807, 2.05) is 13.0 Å². The first-order valence-electron chi connectivity index (χ1n) is 3.35. The number of aliphatic hydroxyl groups is 1. The van der Waals surface area contributed by atoms with Gasteiger partial charge in [0.25, 0.3) is 0 Å². The summed E-state index contributed by atoms with van der Waals surface area (Å²) < 4.78 is 1.69. The second-order valence-corrected chi connectivity index (χ2v) is 2.30. The van der Waals surface area contributed by atoms with E-state index < -0.39 is 0 Å². The van der Waals surface area contributed by atoms with E-state index in [0.717, 1.165) is 5.69 Å². The van der Waals surface area contributed by atoms with Crippen LogP contribution in [0.3, 0.4) is 0 Å². The van der Waals surface area contributed by atoms with Gasteiger partial charge in [0.2, 0.25) is 0 Å². The van der Waals surface area contributed by atoms with Crippen molar-refractivity contribution in [3.63, 3.8) is 0 Å². The van der Waals surface area contributed by atoms with E-state index in [9.17, 15) is 0 Å². The lowest BCUT2D eigenvalue weighted by molar-refractivity contribution is 0.275. The molecule has 0 saturated heterocycles. The summed E-state index contributed by atoms with van der Waals surface area (Å²) in [5.74, 6) is 2.48. The molecule has 58 valence electrons. The van der Waals surface area contributed by atoms with E-state index in [-0.39, 0.29) is 6.61 Å². The second-order valence-electron chi connectivity index (χ2n) is 2.30. The van der Waals surface area contributed by atoms with Crippen molar-refractivity contribution in [2.45, 2.75) is 20.1 Å². The van der Waals surface area contributed by atoms with E-state index in [1.165, 1.54) is 0 Å². The molecule has 0 amide bonds. The van der Waals surface area contributed by atoms with Gasteiger partial charge in [0.1, 0.15) is 6.54 Å². The third-order valence-corrected chi connectivity index (χ3v) is 1.43. The van der Waals surface area contributed by atoms with E-state index in [0.29, 0.717) is 12.2 Å². The molecular weight excluding hydrogens is 140 g/mol. The molecular formula is C8H10N2O. The van der Waals surface area contributed by atoms with Crippen LogP contribution in [0.1, 0.15) is 11.4 Å². The van der Waals surface area contributed by atoms with Gasteiger partial charge in [-0.05, 0) is 13.0 Å². The fourth-order valence-corrected chi connectivity index (χ4v) is 0.902. The summed E-state index contributed by atoms with van der Waals surface area (Å²) in [6, 6.07) is 1.82. The van der Waals surface area contributed by atoms with Gasteiger partial charge in [-0.2, -0.15) is 5.10 Å². The molecule has 0 aliphatic heterocycles. The average molecular weight is 150 g/mol. The quantitative estimate of drug-likeness (QED) is 0.616. The van der Waals surface area contributed by atoms with Crippen LogP contribution < -0.4 is 0 Å². The number of hydrogen-bond acceptors (Lipinski definition) is 2. The molecule has 0 fully saturated rings. The van der Waals surface area contributed by atoms with Crippen LogP contribution in [-0.4, -0.2) is 14.9 Å². The average Bonchev–Trinajstić information content (AvgIpc) is 2.33. The molecule has 0 aliphatic carbocycles. The summed E-state index contributed by atoms with van der Waals surface area (Å²) in [6.07, 6.45) is 5.11. The molecule has 1 rings (SSSR count). The molecule has 0 atom stereocenters. The number of hydrogen-bond donors (Lipinski definition) is 1. The fraction of sp³-hybridized carbons (Fsp3) is 0.375. The van der Waals surface area contributed by atoms with Gasteiger partial charge in [-0.1, -0.05) is 5.92 Å². The number of aromatic nitrogens is 2. The van der Waals surface area contributed by atoms with Crippen molar-refractivity contribution in [3.8, 4) is 12.3 Å². The Hall–Kier alpha value is -1.27. The summed E-state index contributed by atoms with van der Waals surface area (Å²) in [5.41, 5.74) is 1.64. The first-order chi connectivity index (χ1) is 5.27. The predicted molar refractivity (Wildman–Crippen MR) is 41.7 cm³/mol. The van der Waals surface area contributed by atoms with Crippen molar-refractivity contribution in [2.24, 2.45) is 0 Å².